The molecule has 0 bridgehead atoms. The van der Waals surface area contributed by atoms with E-state index in [-0.39, 0.29) is 17.9 Å². The molecule has 136 valence electrons. The number of carbonyl (C=O) groups is 2. The highest BCUT2D eigenvalue weighted by atomic mass is 16.2. The fraction of sp³-hybridized carbons (Fsp3) is 0.600. The number of benzene rings is 1. The summed E-state index contributed by atoms with van der Waals surface area (Å²) in [6.45, 7) is 4.03. The number of amides is 2. The van der Waals surface area contributed by atoms with Crippen LogP contribution in [0.25, 0.3) is 0 Å². The van der Waals surface area contributed by atoms with Crippen LogP contribution < -0.4 is 0 Å². The summed E-state index contributed by atoms with van der Waals surface area (Å²) in [4.78, 5) is 32.0. The first-order chi connectivity index (χ1) is 12.1. The number of nitrogens with zero attached hydrogens (tertiary/aromatic N) is 3. The minimum Gasteiger partial charge on any atom is -0.340 e. The monoisotopic (exact) mass is 343 g/mol. The lowest BCUT2D eigenvalue weighted by molar-refractivity contribution is -0.145. The van der Waals surface area contributed by atoms with Crippen LogP contribution in [-0.2, 0) is 16.1 Å². The lowest BCUT2D eigenvalue weighted by Gasteiger charge is -2.33. The van der Waals surface area contributed by atoms with Crippen molar-refractivity contribution in [3.05, 3.63) is 35.9 Å². The van der Waals surface area contributed by atoms with Crippen LogP contribution in [0.5, 0.6) is 0 Å². The maximum atomic E-state index is 13.2. The second-order valence-electron chi connectivity index (χ2n) is 7.25. The zero-order valence-corrected chi connectivity index (χ0v) is 15.2. The second kappa shape index (κ2) is 8.48. The lowest BCUT2D eigenvalue weighted by atomic mass is 10.1. The molecule has 2 aliphatic heterocycles. The van der Waals surface area contributed by atoms with Gasteiger partial charge in [-0.25, -0.2) is 0 Å². The standard InChI is InChI=1S/C20H29N3O2/c1-21-12-7-13-22(15-14-21)20(25)18-10-5-6-11-19(24)23(18)16-17-8-3-2-4-9-17/h2-4,8-9,18H,5-7,10-16H2,1H3. The molecule has 0 aromatic heterocycles. The Bertz CT molecular complexity index is 590. The van der Waals surface area contributed by atoms with Crippen LogP contribution in [0.4, 0.5) is 0 Å². The zero-order chi connectivity index (χ0) is 17.6. The van der Waals surface area contributed by atoms with E-state index >= 15 is 0 Å². The molecule has 3 rings (SSSR count). The molecule has 0 N–H and O–H groups in total. The van der Waals surface area contributed by atoms with Gasteiger partial charge in [-0.3, -0.25) is 9.59 Å². The Morgan fingerprint density at radius 2 is 1.84 bits per heavy atom. The smallest absolute Gasteiger partial charge is 0.245 e. The number of hydrogen-bond acceptors (Lipinski definition) is 3. The van der Waals surface area contributed by atoms with Gasteiger partial charge >= 0.3 is 0 Å². The van der Waals surface area contributed by atoms with Gasteiger partial charge in [0.25, 0.3) is 0 Å². The Morgan fingerprint density at radius 3 is 2.64 bits per heavy atom. The van der Waals surface area contributed by atoms with Crippen LogP contribution in [0.3, 0.4) is 0 Å². The third-order valence-corrected chi connectivity index (χ3v) is 5.33. The Balaban J connectivity index is 1.77. The first-order valence-electron chi connectivity index (χ1n) is 9.46. The lowest BCUT2D eigenvalue weighted by Crippen LogP contribution is -2.50. The van der Waals surface area contributed by atoms with Gasteiger partial charge in [-0.1, -0.05) is 36.8 Å². The summed E-state index contributed by atoms with van der Waals surface area (Å²) in [7, 11) is 2.10. The predicted molar refractivity (Wildman–Crippen MR) is 97.9 cm³/mol. The summed E-state index contributed by atoms with van der Waals surface area (Å²) in [5, 5.41) is 0. The van der Waals surface area contributed by atoms with Crippen molar-refractivity contribution in [1.29, 1.82) is 0 Å². The van der Waals surface area contributed by atoms with E-state index < -0.39 is 0 Å². The van der Waals surface area contributed by atoms with Gasteiger partial charge in [0, 0.05) is 32.6 Å². The van der Waals surface area contributed by atoms with Crippen molar-refractivity contribution in [3.8, 4) is 0 Å². The van der Waals surface area contributed by atoms with Crippen LogP contribution in [0.2, 0.25) is 0 Å². The number of likely N-dealkylation sites (N-methyl/N-ethyl adjacent to an activating group) is 1. The van der Waals surface area contributed by atoms with Crippen molar-refractivity contribution in [2.45, 2.75) is 44.7 Å². The van der Waals surface area contributed by atoms with Crippen molar-refractivity contribution in [2.75, 3.05) is 33.2 Å². The molecule has 2 amide bonds. The number of carbonyl (C=O) groups excluding carboxylic acids is 2. The maximum absolute atomic E-state index is 13.2. The van der Waals surface area contributed by atoms with E-state index in [2.05, 4.69) is 11.9 Å². The van der Waals surface area contributed by atoms with E-state index in [4.69, 9.17) is 0 Å². The first-order valence-corrected chi connectivity index (χ1v) is 9.46. The molecule has 2 heterocycles. The van der Waals surface area contributed by atoms with Crippen molar-refractivity contribution in [2.24, 2.45) is 0 Å². The van der Waals surface area contributed by atoms with Gasteiger partial charge in [-0.2, -0.15) is 0 Å². The molecule has 1 aromatic rings. The molecule has 2 fully saturated rings. The van der Waals surface area contributed by atoms with Gasteiger partial charge in [0.1, 0.15) is 6.04 Å². The third-order valence-electron chi connectivity index (χ3n) is 5.33. The molecule has 0 aliphatic carbocycles. The van der Waals surface area contributed by atoms with Gasteiger partial charge in [-0.05, 0) is 38.4 Å². The van der Waals surface area contributed by atoms with E-state index in [1.807, 2.05) is 40.1 Å². The highest BCUT2D eigenvalue weighted by Gasteiger charge is 2.34. The topological polar surface area (TPSA) is 43.9 Å². The van der Waals surface area contributed by atoms with E-state index in [9.17, 15) is 9.59 Å². The minimum atomic E-state index is -0.307. The highest BCUT2D eigenvalue weighted by Crippen LogP contribution is 2.22. The van der Waals surface area contributed by atoms with E-state index in [1.165, 1.54) is 0 Å². The molecular formula is C20H29N3O2. The summed E-state index contributed by atoms with van der Waals surface area (Å²) in [6, 6.07) is 9.70. The SMILES string of the molecule is CN1CCCN(C(=O)C2CCCCC(=O)N2Cc2ccccc2)CC1. The summed E-state index contributed by atoms with van der Waals surface area (Å²) in [5.41, 5.74) is 1.09. The third kappa shape index (κ3) is 4.60. The van der Waals surface area contributed by atoms with Gasteiger partial charge in [0.15, 0.2) is 0 Å². The maximum Gasteiger partial charge on any atom is 0.245 e. The van der Waals surface area contributed by atoms with Crippen molar-refractivity contribution >= 4 is 11.8 Å². The second-order valence-corrected chi connectivity index (χ2v) is 7.25. The molecule has 2 aliphatic rings. The molecule has 25 heavy (non-hydrogen) atoms. The van der Waals surface area contributed by atoms with Crippen molar-refractivity contribution < 1.29 is 9.59 Å². The Labute approximate surface area is 150 Å². The molecule has 1 unspecified atom stereocenters. The first kappa shape index (κ1) is 17.9. The van der Waals surface area contributed by atoms with Crippen LogP contribution in [0.15, 0.2) is 30.3 Å². The molecular weight excluding hydrogens is 314 g/mol. The van der Waals surface area contributed by atoms with Crippen LogP contribution in [-0.4, -0.2) is 65.8 Å². The molecule has 5 nitrogen and oxygen atoms in total. The van der Waals surface area contributed by atoms with E-state index in [0.29, 0.717) is 13.0 Å². The Kier molecular flexibility index (Phi) is 6.08. The van der Waals surface area contributed by atoms with E-state index in [1.54, 1.807) is 0 Å². The average molecular weight is 343 g/mol. The largest absolute Gasteiger partial charge is 0.340 e. The van der Waals surface area contributed by atoms with Crippen LogP contribution in [0, 0.1) is 0 Å². The number of rotatable bonds is 3. The fourth-order valence-electron chi connectivity index (χ4n) is 3.80. The molecule has 0 spiro atoms. The Morgan fingerprint density at radius 1 is 1.04 bits per heavy atom. The zero-order valence-electron chi connectivity index (χ0n) is 15.2. The summed E-state index contributed by atoms with van der Waals surface area (Å²) in [5.74, 6) is 0.258. The van der Waals surface area contributed by atoms with Crippen LogP contribution in [0.1, 0.15) is 37.7 Å². The highest BCUT2D eigenvalue weighted by molar-refractivity contribution is 5.88. The summed E-state index contributed by atoms with van der Waals surface area (Å²) in [6.07, 6.45) is 4.17. The van der Waals surface area contributed by atoms with E-state index in [0.717, 1.165) is 57.4 Å². The quantitative estimate of drug-likeness (QED) is 0.844. The van der Waals surface area contributed by atoms with Crippen molar-refractivity contribution in [1.82, 2.24) is 14.7 Å². The normalized spacial score (nSPS) is 23.2. The van der Waals surface area contributed by atoms with Gasteiger partial charge in [0.2, 0.25) is 11.8 Å². The number of likely N-dealkylation sites (tertiary alicyclic amines) is 1. The van der Waals surface area contributed by atoms with Gasteiger partial charge in [-0.15, -0.1) is 0 Å². The molecule has 0 saturated carbocycles. The molecule has 1 aromatic carbocycles. The molecule has 5 heteroatoms. The summed E-state index contributed by atoms with van der Waals surface area (Å²) < 4.78 is 0. The van der Waals surface area contributed by atoms with Crippen LogP contribution >= 0.6 is 0 Å². The fourth-order valence-corrected chi connectivity index (χ4v) is 3.80. The van der Waals surface area contributed by atoms with Gasteiger partial charge < -0.3 is 14.7 Å². The van der Waals surface area contributed by atoms with Crippen molar-refractivity contribution in [3.63, 3.8) is 0 Å². The minimum absolute atomic E-state index is 0.117. The average Bonchev–Trinajstić information content (AvgIpc) is 2.94. The molecule has 0 radical (unpaired) electrons. The van der Waals surface area contributed by atoms with Gasteiger partial charge in [0.05, 0.1) is 0 Å². The predicted octanol–water partition coefficient (Wildman–Crippen LogP) is 2.12. The summed E-state index contributed by atoms with van der Waals surface area (Å²) >= 11 is 0. The molecule has 2 saturated heterocycles. The number of hydrogen-bond donors (Lipinski definition) is 0. The Hall–Kier alpha value is -1.88. The molecule has 1 atom stereocenters.